The third-order valence-electron chi connectivity index (χ3n) is 3.88. The number of benzene rings is 1. The van der Waals surface area contributed by atoms with Crippen molar-refractivity contribution in [2.75, 3.05) is 12.3 Å². The molecule has 0 bridgehead atoms. The molecule has 2 rings (SSSR count). The van der Waals surface area contributed by atoms with E-state index in [0.29, 0.717) is 19.4 Å². The van der Waals surface area contributed by atoms with Crippen molar-refractivity contribution in [3.8, 4) is 0 Å². The molecule has 1 heterocycles. The molecule has 0 radical (unpaired) electrons. The van der Waals surface area contributed by atoms with Gasteiger partial charge in [0.25, 0.3) is 5.91 Å². The first-order chi connectivity index (χ1) is 10.9. The van der Waals surface area contributed by atoms with Crippen LogP contribution < -0.4 is 0 Å². The minimum Gasteiger partial charge on any atom is -0.308 e. The van der Waals surface area contributed by atoms with Gasteiger partial charge < -0.3 is 4.90 Å². The zero-order valence-electron chi connectivity index (χ0n) is 13.3. The van der Waals surface area contributed by atoms with Crippen molar-refractivity contribution in [3.05, 3.63) is 41.5 Å². The zero-order valence-corrected chi connectivity index (χ0v) is 14.9. The van der Waals surface area contributed by atoms with Crippen molar-refractivity contribution < 1.29 is 13.2 Å². The second-order valence-corrected chi connectivity index (χ2v) is 8.58. The lowest BCUT2D eigenvalue weighted by atomic mass is 10.1. The van der Waals surface area contributed by atoms with Crippen LogP contribution in [0, 0.1) is 0 Å². The van der Waals surface area contributed by atoms with Gasteiger partial charge in [-0.3, -0.25) is 4.79 Å². The van der Waals surface area contributed by atoms with Gasteiger partial charge in [-0.2, -0.15) is 0 Å². The summed E-state index contributed by atoms with van der Waals surface area (Å²) in [6, 6.07) is 7.61. The Hall–Kier alpha value is -1.33. The molecule has 0 atom stereocenters. The van der Waals surface area contributed by atoms with Crippen LogP contribution in [0.3, 0.4) is 0 Å². The second kappa shape index (κ2) is 7.97. The van der Waals surface area contributed by atoms with E-state index >= 15 is 0 Å². The minimum absolute atomic E-state index is 0.00270. The normalized spacial score (nSPS) is 16.2. The molecule has 0 aromatic heterocycles. The number of carbonyl (C=O) groups excluding carboxylic acids is 1. The molecule has 1 aromatic carbocycles. The van der Waals surface area contributed by atoms with Crippen LogP contribution in [0.2, 0.25) is 0 Å². The average Bonchev–Trinajstić information content (AvgIpc) is 2.76. The van der Waals surface area contributed by atoms with E-state index in [1.165, 1.54) is 0 Å². The summed E-state index contributed by atoms with van der Waals surface area (Å²) in [6.07, 6.45) is 6.29. The number of nitrogens with zero attached hydrogens (tertiary/aromatic N) is 1. The van der Waals surface area contributed by atoms with E-state index in [2.05, 4.69) is 13.0 Å². The number of hydrogen-bond donors (Lipinski definition) is 0. The Balaban J connectivity index is 2.10. The van der Waals surface area contributed by atoms with Crippen molar-refractivity contribution in [1.82, 2.24) is 4.90 Å². The molecule has 1 amide bonds. The molecule has 23 heavy (non-hydrogen) atoms. The number of fused-ring (bicyclic) bond motifs is 1. The molecule has 6 heteroatoms. The van der Waals surface area contributed by atoms with E-state index in [-0.39, 0.29) is 11.7 Å². The van der Waals surface area contributed by atoms with Gasteiger partial charge in [0.15, 0.2) is 0 Å². The largest absolute Gasteiger partial charge is 0.308 e. The topological polar surface area (TPSA) is 54.5 Å². The lowest BCUT2D eigenvalue weighted by Gasteiger charge is -2.18. The highest BCUT2D eigenvalue weighted by atomic mass is 35.7. The fourth-order valence-corrected chi connectivity index (χ4v) is 3.60. The van der Waals surface area contributed by atoms with Crippen LogP contribution >= 0.6 is 10.7 Å². The highest BCUT2D eigenvalue weighted by molar-refractivity contribution is 8.13. The molecule has 1 aromatic rings. The first-order valence-corrected chi connectivity index (χ1v) is 10.5. The van der Waals surface area contributed by atoms with Gasteiger partial charge in [0.2, 0.25) is 9.05 Å². The molecular formula is C17H22ClNO3S. The standard InChI is InChI=1S/C17H22ClNO3S/c1-2-3-4-11-16-14-9-5-6-10-15(14)17(20)19(16)12-7-8-13-23(18,21)22/h5-6,9-11H,2-4,7-8,12-13H2,1H3/b16-11+. The van der Waals surface area contributed by atoms with E-state index in [1.807, 2.05) is 24.3 Å². The fraction of sp³-hybridized carbons (Fsp3) is 0.471. The fourth-order valence-electron chi connectivity index (χ4n) is 2.72. The Morgan fingerprint density at radius 2 is 1.83 bits per heavy atom. The van der Waals surface area contributed by atoms with E-state index in [4.69, 9.17) is 10.7 Å². The Morgan fingerprint density at radius 3 is 2.48 bits per heavy atom. The second-order valence-electron chi connectivity index (χ2n) is 5.68. The van der Waals surface area contributed by atoms with Crippen LogP contribution in [-0.4, -0.2) is 31.5 Å². The number of amides is 1. The van der Waals surface area contributed by atoms with E-state index in [1.54, 1.807) is 4.90 Å². The number of carbonyl (C=O) groups is 1. The van der Waals surface area contributed by atoms with Crippen LogP contribution in [0.4, 0.5) is 0 Å². The van der Waals surface area contributed by atoms with Crippen molar-refractivity contribution in [2.45, 2.75) is 39.0 Å². The van der Waals surface area contributed by atoms with E-state index in [0.717, 1.165) is 36.1 Å². The Labute approximate surface area is 142 Å². The highest BCUT2D eigenvalue weighted by Gasteiger charge is 2.31. The minimum atomic E-state index is -3.46. The molecule has 0 fully saturated rings. The number of unbranched alkanes of at least 4 members (excludes halogenated alkanes) is 3. The maximum atomic E-state index is 12.6. The maximum Gasteiger partial charge on any atom is 0.258 e. The maximum absolute atomic E-state index is 12.6. The number of rotatable bonds is 8. The predicted octanol–water partition coefficient (Wildman–Crippen LogP) is 4.02. The molecule has 126 valence electrons. The Morgan fingerprint density at radius 1 is 1.13 bits per heavy atom. The summed E-state index contributed by atoms with van der Waals surface area (Å²) in [4.78, 5) is 14.3. The lowest BCUT2D eigenvalue weighted by molar-refractivity contribution is 0.0849. The van der Waals surface area contributed by atoms with Crippen LogP contribution in [0.15, 0.2) is 30.3 Å². The van der Waals surface area contributed by atoms with Gasteiger partial charge in [0, 0.05) is 34.1 Å². The molecule has 1 aliphatic heterocycles. The number of hydrogen-bond acceptors (Lipinski definition) is 3. The predicted molar refractivity (Wildman–Crippen MR) is 93.9 cm³/mol. The van der Waals surface area contributed by atoms with Gasteiger partial charge >= 0.3 is 0 Å². The molecule has 0 aliphatic carbocycles. The summed E-state index contributed by atoms with van der Waals surface area (Å²) in [6.45, 7) is 2.65. The number of halogens is 1. The Kier molecular flexibility index (Phi) is 6.25. The first kappa shape index (κ1) is 18.0. The summed E-state index contributed by atoms with van der Waals surface area (Å²) in [5, 5.41) is 0. The molecule has 0 N–H and O–H groups in total. The number of allylic oxidation sites excluding steroid dienone is 1. The molecule has 0 unspecified atom stereocenters. The van der Waals surface area contributed by atoms with Crippen LogP contribution in [-0.2, 0) is 9.05 Å². The smallest absolute Gasteiger partial charge is 0.258 e. The third-order valence-corrected chi connectivity index (χ3v) is 5.12. The SMILES string of the molecule is CCCC/C=C1\c2ccccc2C(=O)N1CCCCS(=O)(=O)Cl. The van der Waals surface area contributed by atoms with Crippen molar-refractivity contribution >= 4 is 31.3 Å². The zero-order chi connectivity index (χ0) is 16.9. The van der Waals surface area contributed by atoms with Gasteiger partial charge in [-0.25, -0.2) is 8.42 Å². The molecule has 1 aliphatic rings. The molecule has 0 saturated heterocycles. The van der Waals surface area contributed by atoms with Crippen LogP contribution in [0.1, 0.15) is 54.9 Å². The van der Waals surface area contributed by atoms with E-state index in [9.17, 15) is 13.2 Å². The van der Waals surface area contributed by atoms with Crippen LogP contribution in [0.5, 0.6) is 0 Å². The molecule has 0 spiro atoms. The highest BCUT2D eigenvalue weighted by Crippen LogP contribution is 2.33. The van der Waals surface area contributed by atoms with Gasteiger partial charge in [-0.1, -0.05) is 37.6 Å². The summed E-state index contributed by atoms with van der Waals surface area (Å²) >= 11 is 0. The van der Waals surface area contributed by atoms with E-state index < -0.39 is 9.05 Å². The summed E-state index contributed by atoms with van der Waals surface area (Å²) < 4.78 is 22.0. The van der Waals surface area contributed by atoms with Crippen LogP contribution in [0.25, 0.3) is 5.70 Å². The third kappa shape index (κ3) is 4.82. The van der Waals surface area contributed by atoms with Crippen molar-refractivity contribution in [2.24, 2.45) is 0 Å². The molecule has 0 saturated carbocycles. The van der Waals surface area contributed by atoms with Gasteiger partial charge in [-0.15, -0.1) is 0 Å². The van der Waals surface area contributed by atoms with Gasteiger partial charge in [-0.05, 0) is 31.7 Å². The van der Waals surface area contributed by atoms with Gasteiger partial charge in [0.05, 0.1) is 5.75 Å². The Bertz CT molecular complexity index is 698. The lowest BCUT2D eigenvalue weighted by Crippen LogP contribution is -2.24. The average molecular weight is 356 g/mol. The van der Waals surface area contributed by atoms with Gasteiger partial charge in [0.1, 0.15) is 0 Å². The molecular weight excluding hydrogens is 334 g/mol. The monoisotopic (exact) mass is 355 g/mol. The quantitative estimate of drug-likeness (QED) is 0.522. The van der Waals surface area contributed by atoms with Crippen molar-refractivity contribution in [1.29, 1.82) is 0 Å². The summed E-state index contributed by atoms with van der Waals surface area (Å²) in [5.41, 5.74) is 2.64. The van der Waals surface area contributed by atoms with Crippen molar-refractivity contribution in [3.63, 3.8) is 0 Å². The molecule has 4 nitrogen and oxygen atoms in total. The first-order valence-electron chi connectivity index (χ1n) is 7.98. The summed E-state index contributed by atoms with van der Waals surface area (Å²) in [7, 11) is 1.76. The summed E-state index contributed by atoms with van der Waals surface area (Å²) in [5.74, 6) is -0.0598.